The second-order valence-electron chi connectivity index (χ2n) is 10.1. The van der Waals surface area contributed by atoms with Gasteiger partial charge in [0.2, 0.25) is 11.8 Å². The van der Waals surface area contributed by atoms with Crippen LogP contribution in [0, 0.1) is 17.8 Å². The highest BCUT2D eigenvalue weighted by Crippen LogP contribution is 2.40. The van der Waals surface area contributed by atoms with E-state index in [1.54, 1.807) is 0 Å². The Bertz CT molecular complexity index is 596. The number of carbonyl (C=O) groups is 2. The Morgan fingerprint density at radius 3 is 2.69 bits per heavy atom. The van der Waals surface area contributed by atoms with Crippen molar-refractivity contribution in [3.63, 3.8) is 0 Å². The zero-order valence-corrected chi connectivity index (χ0v) is 20.2. The highest BCUT2D eigenvalue weighted by Gasteiger charge is 2.48. The number of unbranched alkanes of at least 4 members (excludes halogenated alkanes) is 3. The summed E-state index contributed by atoms with van der Waals surface area (Å²) in [6.07, 6.45) is 10.1. The number of aliphatic hydroxyl groups excluding tert-OH is 1. The Labute approximate surface area is 194 Å². The van der Waals surface area contributed by atoms with E-state index >= 15 is 0 Å². The summed E-state index contributed by atoms with van der Waals surface area (Å²) in [5.74, 6) is -0.0329. The molecule has 1 aliphatic carbocycles. The lowest BCUT2D eigenvalue weighted by molar-refractivity contribution is -0.135. The third kappa shape index (κ3) is 6.67. The normalized spacial score (nSPS) is 29.7. The number of amides is 2. The van der Waals surface area contributed by atoms with Crippen LogP contribution in [-0.4, -0.2) is 72.9 Å². The summed E-state index contributed by atoms with van der Waals surface area (Å²) in [4.78, 5) is 28.2. The summed E-state index contributed by atoms with van der Waals surface area (Å²) >= 11 is 0. The molecule has 0 bridgehead atoms. The number of rotatable bonds is 13. The van der Waals surface area contributed by atoms with Crippen LogP contribution < -0.4 is 10.6 Å². The van der Waals surface area contributed by atoms with E-state index in [0.717, 1.165) is 83.9 Å². The van der Waals surface area contributed by atoms with Gasteiger partial charge in [-0.15, -0.1) is 0 Å². The Hall–Kier alpha value is -1.18. The summed E-state index contributed by atoms with van der Waals surface area (Å²) in [7, 11) is 0. The maximum atomic E-state index is 13.2. The Kier molecular flexibility index (Phi) is 10.3. The molecule has 0 spiro atoms. The molecular weight excluding hydrogens is 406 g/mol. The molecule has 0 aromatic carbocycles. The predicted octanol–water partition coefficient (Wildman–Crippen LogP) is 2.47. The number of hydrogen-bond donors (Lipinski definition) is 3. The monoisotopic (exact) mass is 451 g/mol. The minimum atomic E-state index is -0.651. The van der Waals surface area contributed by atoms with Crippen LogP contribution in [-0.2, 0) is 14.3 Å². The molecule has 2 heterocycles. The highest BCUT2D eigenvalue weighted by molar-refractivity contribution is 5.91. The van der Waals surface area contributed by atoms with Crippen molar-refractivity contribution in [1.29, 1.82) is 0 Å². The van der Waals surface area contributed by atoms with Crippen molar-refractivity contribution >= 4 is 11.8 Å². The van der Waals surface area contributed by atoms with Crippen molar-refractivity contribution in [3.8, 4) is 0 Å². The van der Waals surface area contributed by atoms with E-state index in [1.807, 2.05) is 4.90 Å². The molecule has 2 aliphatic heterocycles. The molecule has 3 rings (SSSR count). The van der Waals surface area contributed by atoms with E-state index in [-0.39, 0.29) is 42.3 Å². The van der Waals surface area contributed by atoms with Crippen molar-refractivity contribution in [1.82, 2.24) is 15.5 Å². The number of aliphatic hydroxyl groups is 1. The average molecular weight is 452 g/mol. The fourth-order valence-electron chi connectivity index (χ4n) is 5.70. The molecular formula is C25H45N3O4. The first-order chi connectivity index (χ1) is 15.5. The standard InChI is InChI=1S/C25H45N3O4/c1-3-5-9-12-28-17-20(23(25(28)31)18-10-7-8-11-18)24(30)27-16-22(29)21-14-19(15-26-21)32-13-6-4-2/h18-23,26,29H,3-17H2,1-2H3,(H,27,30)/t19-,20?,21-,22+,23?/m1/s1. The van der Waals surface area contributed by atoms with E-state index in [0.29, 0.717) is 12.5 Å². The van der Waals surface area contributed by atoms with E-state index in [2.05, 4.69) is 24.5 Å². The third-order valence-electron chi connectivity index (χ3n) is 7.65. The van der Waals surface area contributed by atoms with E-state index in [1.165, 1.54) is 0 Å². The number of ether oxygens (including phenoxy) is 1. The molecule has 184 valence electrons. The van der Waals surface area contributed by atoms with E-state index in [9.17, 15) is 14.7 Å². The van der Waals surface area contributed by atoms with Crippen molar-refractivity contribution in [2.45, 2.75) is 96.3 Å². The quantitative estimate of drug-likeness (QED) is 0.374. The van der Waals surface area contributed by atoms with Crippen molar-refractivity contribution in [2.24, 2.45) is 17.8 Å². The van der Waals surface area contributed by atoms with Crippen LogP contribution in [0.2, 0.25) is 0 Å². The summed E-state index contributed by atoms with van der Waals surface area (Å²) in [6.45, 7) is 7.31. The molecule has 0 aromatic heterocycles. The fraction of sp³-hybridized carbons (Fsp3) is 0.920. The Morgan fingerprint density at radius 1 is 1.22 bits per heavy atom. The van der Waals surface area contributed by atoms with Gasteiger partial charge in [0, 0.05) is 38.8 Å². The number of nitrogens with zero attached hydrogens (tertiary/aromatic N) is 1. The van der Waals surface area contributed by atoms with Crippen molar-refractivity contribution in [2.75, 3.05) is 32.8 Å². The minimum absolute atomic E-state index is 0.0664. The number of hydrogen-bond acceptors (Lipinski definition) is 5. The van der Waals surface area contributed by atoms with Crippen molar-refractivity contribution in [3.05, 3.63) is 0 Å². The van der Waals surface area contributed by atoms with Crippen LogP contribution >= 0.6 is 0 Å². The minimum Gasteiger partial charge on any atom is -0.390 e. The van der Waals surface area contributed by atoms with Gasteiger partial charge in [0.25, 0.3) is 0 Å². The first-order valence-corrected chi connectivity index (χ1v) is 13.1. The molecule has 2 unspecified atom stereocenters. The lowest BCUT2D eigenvalue weighted by Gasteiger charge is -2.24. The SMILES string of the molecule is CCCCCN1CC(C(=O)NC[C@H](O)[C@H]2C[C@@H](OCCCC)CN2)C(C2CCCC2)C1=O. The second-order valence-corrected chi connectivity index (χ2v) is 10.1. The van der Waals surface area contributed by atoms with Gasteiger partial charge in [0.1, 0.15) is 0 Å². The van der Waals surface area contributed by atoms with Crippen molar-refractivity contribution < 1.29 is 19.4 Å². The maximum absolute atomic E-state index is 13.2. The molecule has 2 saturated heterocycles. The number of likely N-dealkylation sites (tertiary alicyclic amines) is 1. The van der Waals surface area contributed by atoms with E-state index in [4.69, 9.17) is 4.74 Å². The van der Waals surface area contributed by atoms with Crippen LogP contribution in [0.1, 0.15) is 78.1 Å². The van der Waals surface area contributed by atoms with Gasteiger partial charge in [-0.2, -0.15) is 0 Å². The molecule has 1 saturated carbocycles. The maximum Gasteiger partial charge on any atom is 0.226 e. The van der Waals surface area contributed by atoms with Gasteiger partial charge in [-0.05, 0) is 38.0 Å². The molecule has 32 heavy (non-hydrogen) atoms. The molecule has 7 nitrogen and oxygen atoms in total. The summed E-state index contributed by atoms with van der Waals surface area (Å²) < 4.78 is 5.86. The molecule has 3 N–H and O–H groups in total. The summed E-state index contributed by atoms with van der Waals surface area (Å²) in [5.41, 5.74) is 0. The van der Waals surface area contributed by atoms with Crippen LogP contribution in [0.3, 0.4) is 0 Å². The molecule has 0 aromatic rings. The third-order valence-corrected chi connectivity index (χ3v) is 7.65. The van der Waals surface area contributed by atoms with Crippen LogP contribution in [0.25, 0.3) is 0 Å². The molecule has 3 fully saturated rings. The molecule has 0 radical (unpaired) electrons. The average Bonchev–Trinajstić information content (AvgIpc) is 3.53. The smallest absolute Gasteiger partial charge is 0.226 e. The number of nitrogens with one attached hydrogen (secondary N) is 2. The number of carbonyl (C=O) groups excluding carboxylic acids is 2. The zero-order chi connectivity index (χ0) is 22.9. The molecule has 5 atom stereocenters. The Balaban J connectivity index is 1.50. The Morgan fingerprint density at radius 2 is 1.97 bits per heavy atom. The summed E-state index contributed by atoms with van der Waals surface area (Å²) in [6, 6.07) is -0.0664. The predicted molar refractivity (Wildman–Crippen MR) is 125 cm³/mol. The van der Waals surface area contributed by atoms with Gasteiger partial charge < -0.3 is 25.4 Å². The molecule has 2 amide bonds. The topological polar surface area (TPSA) is 90.9 Å². The molecule has 7 heteroatoms. The van der Waals surface area contributed by atoms with Gasteiger partial charge in [-0.3, -0.25) is 9.59 Å². The first-order valence-electron chi connectivity index (χ1n) is 13.1. The van der Waals surface area contributed by atoms with Gasteiger partial charge in [-0.1, -0.05) is 46.0 Å². The van der Waals surface area contributed by atoms with E-state index < -0.39 is 6.10 Å². The lowest BCUT2D eigenvalue weighted by atomic mass is 9.82. The van der Waals surface area contributed by atoms with Gasteiger partial charge in [0.15, 0.2) is 0 Å². The molecule has 3 aliphatic rings. The van der Waals surface area contributed by atoms with Crippen LogP contribution in [0.5, 0.6) is 0 Å². The van der Waals surface area contributed by atoms with Gasteiger partial charge in [-0.25, -0.2) is 0 Å². The lowest BCUT2D eigenvalue weighted by Crippen LogP contribution is -2.46. The largest absolute Gasteiger partial charge is 0.390 e. The van der Waals surface area contributed by atoms with Gasteiger partial charge in [0.05, 0.1) is 24.0 Å². The van der Waals surface area contributed by atoms with Crippen LogP contribution in [0.4, 0.5) is 0 Å². The van der Waals surface area contributed by atoms with Gasteiger partial charge >= 0.3 is 0 Å². The zero-order valence-electron chi connectivity index (χ0n) is 20.2. The summed E-state index contributed by atoms with van der Waals surface area (Å²) in [5, 5.41) is 17.0. The fourth-order valence-corrected chi connectivity index (χ4v) is 5.70. The first kappa shape index (κ1) is 25.4. The van der Waals surface area contributed by atoms with Crippen LogP contribution in [0.15, 0.2) is 0 Å². The highest BCUT2D eigenvalue weighted by atomic mass is 16.5. The second kappa shape index (κ2) is 12.9.